The average molecular weight is 401 g/mol. The molecule has 0 aromatic heterocycles. The van der Waals surface area contributed by atoms with Gasteiger partial charge in [-0.2, -0.15) is 4.31 Å². The Morgan fingerprint density at radius 2 is 2.04 bits per heavy atom. The van der Waals surface area contributed by atoms with Gasteiger partial charge in [0.2, 0.25) is 10.0 Å². The number of piperidine rings is 2. The normalized spacial score (nSPS) is 29.2. The lowest BCUT2D eigenvalue weighted by atomic mass is 9.77. The van der Waals surface area contributed by atoms with Crippen LogP contribution in [-0.2, 0) is 21.2 Å². The van der Waals surface area contributed by atoms with E-state index in [0.717, 1.165) is 38.8 Å². The molecule has 0 N–H and O–H groups in total. The number of hydrogen-bond acceptors (Lipinski definition) is 4. The number of sulfonamides is 1. The Hall–Kier alpha value is -0.660. The zero-order valence-electron chi connectivity index (χ0n) is 15.3. The first kappa shape index (κ1) is 20.1. The lowest BCUT2D eigenvalue weighted by molar-refractivity contribution is 0.0218. The summed E-state index contributed by atoms with van der Waals surface area (Å²) >= 11 is 0. The van der Waals surface area contributed by atoms with E-state index in [-0.39, 0.29) is 30.8 Å². The molecule has 3 aliphatic heterocycles. The van der Waals surface area contributed by atoms with Crippen LogP contribution >= 0.6 is 12.4 Å². The van der Waals surface area contributed by atoms with Crippen LogP contribution in [-0.4, -0.2) is 62.8 Å². The van der Waals surface area contributed by atoms with Crippen LogP contribution in [0.3, 0.4) is 0 Å². The van der Waals surface area contributed by atoms with Gasteiger partial charge in [-0.1, -0.05) is 24.3 Å². The Bertz CT molecular complexity index is 727. The number of ether oxygens (including phenoxy) is 1. The number of benzene rings is 1. The van der Waals surface area contributed by atoms with E-state index >= 15 is 0 Å². The van der Waals surface area contributed by atoms with Gasteiger partial charge in [-0.05, 0) is 42.7 Å². The van der Waals surface area contributed by atoms with Crippen molar-refractivity contribution in [3.05, 3.63) is 35.4 Å². The third-order valence-electron chi connectivity index (χ3n) is 6.23. The van der Waals surface area contributed by atoms with E-state index in [2.05, 4.69) is 29.2 Å². The molecule has 26 heavy (non-hydrogen) atoms. The number of methoxy groups -OCH3 is 1. The number of halogens is 1. The topological polar surface area (TPSA) is 49.9 Å². The van der Waals surface area contributed by atoms with Crippen molar-refractivity contribution in [3.63, 3.8) is 0 Å². The second-order valence-corrected chi connectivity index (χ2v) is 9.63. The van der Waals surface area contributed by atoms with Crippen molar-refractivity contribution in [2.24, 2.45) is 5.92 Å². The van der Waals surface area contributed by atoms with Crippen molar-refractivity contribution in [1.82, 2.24) is 9.21 Å². The zero-order chi connectivity index (χ0) is 17.4. The summed E-state index contributed by atoms with van der Waals surface area (Å²) in [5.41, 5.74) is 2.85. The van der Waals surface area contributed by atoms with Crippen molar-refractivity contribution in [1.29, 1.82) is 0 Å². The van der Waals surface area contributed by atoms with Crippen molar-refractivity contribution in [3.8, 4) is 0 Å². The summed E-state index contributed by atoms with van der Waals surface area (Å²) in [4.78, 5) is 2.59. The summed E-state index contributed by atoms with van der Waals surface area (Å²) in [5, 5.41) is 0. The van der Waals surface area contributed by atoms with Crippen molar-refractivity contribution in [2.75, 3.05) is 39.1 Å². The molecule has 2 fully saturated rings. The molecule has 0 amide bonds. The van der Waals surface area contributed by atoms with E-state index in [9.17, 15) is 8.42 Å². The van der Waals surface area contributed by atoms with Crippen LogP contribution in [0, 0.1) is 5.92 Å². The molecule has 1 aromatic rings. The largest absolute Gasteiger partial charge is 0.384 e. The maximum Gasteiger partial charge on any atom is 0.216 e. The first-order valence-corrected chi connectivity index (χ1v) is 11.0. The predicted molar refractivity (Wildman–Crippen MR) is 105 cm³/mol. The molecule has 0 aliphatic carbocycles. The summed E-state index contributed by atoms with van der Waals surface area (Å²) in [7, 11) is -1.68. The van der Waals surface area contributed by atoms with E-state index in [0.29, 0.717) is 18.5 Å². The Morgan fingerprint density at radius 3 is 2.85 bits per heavy atom. The van der Waals surface area contributed by atoms with Gasteiger partial charge in [0.1, 0.15) is 0 Å². The molecule has 0 unspecified atom stereocenters. The molecule has 4 rings (SSSR count). The molecule has 0 radical (unpaired) electrons. The molecule has 3 heterocycles. The highest BCUT2D eigenvalue weighted by atomic mass is 35.5. The van der Waals surface area contributed by atoms with Gasteiger partial charge in [-0.3, -0.25) is 4.90 Å². The minimum atomic E-state index is -3.24. The van der Waals surface area contributed by atoms with Crippen LogP contribution < -0.4 is 0 Å². The molecule has 146 valence electrons. The highest BCUT2D eigenvalue weighted by molar-refractivity contribution is 7.89. The van der Waals surface area contributed by atoms with Gasteiger partial charge in [0.15, 0.2) is 0 Å². The fourth-order valence-corrected chi connectivity index (χ4v) is 6.69. The minimum Gasteiger partial charge on any atom is -0.384 e. The summed E-state index contributed by atoms with van der Waals surface area (Å²) in [6.07, 6.45) is 4.15. The van der Waals surface area contributed by atoms with Crippen LogP contribution in [0.5, 0.6) is 0 Å². The van der Waals surface area contributed by atoms with Gasteiger partial charge in [-0.15, -0.1) is 12.4 Å². The minimum absolute atomic E-state index is 0. The van der Waals surface area contributed by atoms with Crippen molar-refractivity contribution in [2.45, 2.75) is 37.8 Å². The third kappa shape index (κ3) is 3.67. The van der Waals surface area contributed by atoms with Gasteiger partial charge >= 0.3 is 0 Å². The van der Waals surface area contributed by atoms with E-state index in [1.165, 1.54) is 11.1 Å². The molecule has 0 saturated carbocycles. The maximum absolute atomic E-state index is 12.8. The summed E-state index contributed by atoms with van der Waals surface area (Å²) in [6, 6.07) is 9.20. The molecular weight excluding hydrogens is 372 g/mol. The van der Waals surface area contributed by atoms with E-state index in [1.54, 1.807) is 7.11 Å². The van der Waals surface area contributed by atoms with Crippen molar-refractivity contribution >= 4 is 22.4 Å². The standard InChI is InChI=1S/C19H28N2O3S.ClH/c1-24-11-12-25(22,23)21-9-4-6-16-14-20-10-8-15-5-2-3-7-17(15)19(20)13-18(16)21;/h2-3,5,7,16,18-19H,4,6,8-14H2,1H3;1H/t16-,18+,19-;/m1./s1. The SMILES string of the molecule is COCCS(=O)(=O)N1CCC[C@@H]2CN3CCc4ccccc4[C@H]3C[C@@H]21.Cl. The van der Waals surface area contributed by atoms with Gasteiger partial charge in [0.05, 0.1) is 12.4 Å². The maximum atomic E-state index is 12.8. The van der Waals surface area contributed by atoms with Gasteiger partial charge in [0.25, 0.3) is 0 Å². The molecule has 7 heteroatoms. The van der Waals surface area contributed by atoms with Crippen LogP contribution in [0.15, 0.2) is 24.3 Å². The Morgan fingerprint density at radius 1 is 1.23 bits per heavy atom. The number of fused-ring (bicyclic) bond motifs is 4. The van der Waals surface area contributed by atoms with E-state index in [4.69, 9.17) is 4.74 Å². The first-order chi connectivity index (χ1) is 12.1. The molecule has 3 aliphatic rings. The Balaban J connectivity index is 0.00000196. The summed E-state index contributed by atoms with van der Waals surface area (Å²) < 4.78 is 32.5. The molecule has 5 nitrogen and oxygen atoms in total. The lowest BCUT2D eigenvalue weighted by Gasteiger charge is -2.51. The predicted octanol–water partition coefficient (Wildman–Crippen LogP) is 2.47. The highest BCUT2D eigenvalue weighted by Crippen LogP contribution is 2.43. The molecule has 0 bridgehead atoms. The van der Waals surface area contributed by atoms with Gasteiger partial charge in [0, 0.05) is 38.8 Å². The Labute approximate surface area is 163 Å². The molecular formula is C19H29ClN2O3S. The van der Waals surface area contributed by atoms with Gasteiger partial charge < -0.3 is 4.74 Å². The smallest absolute Gasteiger partial charge is 0.216 e. The van der Waals surface area contributed by atoms with Crippen molar-refractivity contribution < 1.29 is 13.2 Å². The number of hydrogen-bond donors (Lipinski definition) is 0. The summed E-state index contributed by atoms with van der Waals surface area (Å²) in [5.74, 6) is 0.560. The highest BCUT2D eigenvalue weighted by Gasteiger charge is 2.45. The fourth-order valence-electron chi connectivity index (χ4n) is 5.00. The van der Waals surface area contributed by atoms with E-state index < -0.39 is 10.0 Å². The lowest BCUT2D eigenvalue weighted by Crippen LogP contribution is -2.57. The summed E-state index contributed by atoms with van der Waals surface area (Å²) in [6.45, 7) is 3.07. The van der Waals surface area contributed by atoms with E-state index in [1.807, 2.05) is 4.31 Å². The number of nitrogens with zero attached hydrogens (tertiary/aromatic N) is 2. The molecule has 2 saturated heterocycles. The van der Waals surface area contributed by atoms with Crippen LogP contribution in [0.25, 0.3) is 0 Å². The molecule has 0 spiro atoms. The van der Waals surface area contributed by atoms with Crippen LogP contribution in [0.4, 0.5) is 0 Å². The monoisotopic (exact) mass is 400 g/mol. The third-order valence-corrected chi connectivity index (χ3v) is 8.08. The fraction of sp³-hybridized carbons (Fsp3) is 0.684. The second-order valence-electron chi connectivity index (χ2n) is 7.58. The molecule has 3 atom stereocenters. The average Bonchev–Trinajstić information content (AvgIpc) is 2.64. The van der Waals surface area contributed by atoms with Crippen LogP contribution in [0.1, 0.15) is 36.4 Å². The second kappa shape index (κ2) is 8.15. The number of rotatable bonds is 4. The zero-order valence-corrected chi connectivity index (χ0v) is 17.0. The quantitative estimate of drug-likeness (QED) is 0.779. The van der Waals surface area contributed by atoms with Crippen LogP contribution in [0.2, 0.25) is 0 Å². The molecule has 1 aromatic carbocycles. The van der Waals surface area contributed by atoms with Gasteiger partial charge in [-0.25, -0.2) is 8.42 Å². The Kier molecular flexibility index (Phi) is 6.29. The first-order valence-electron chi connectivity index (χ1n) is 9.40.